The van der Waals surface area contributed by atoms with Crippen LogP contribution in [0.3, 0.4) is 0 Å². The molecule has 0 saturated carbocycles. The van der Waals surface area contributed by atoms with Crippen molar-refractivity contribution in [3.05, 3.63) is 54.7 Å². The van der Waals surface area contributed by atoms with Gasteiger partial charge in [-0.05, 0) is 30.3 Å². The maximum atomic E-state index is 14.8. The number of ether oxygens (including phenoxy) is 2. The minimum absolute atomic E-state index is 0.00858. The number of carbonyl (C=O) groups excluding carboxylic acids is 2. The van der Waals surface area contributed by atoms with Gasteiger partial charge in [-0.1, -0.05) is 0 Å². The summed E-state index contributed by atoms with van der Waals surface area (Å²) in [6, 6.07) is 7.83. The normalized spacial score (nSPS) is 15.9. The first-order valence-electron chi connectivity index (χ1n) is 9.11. The quantitative estimate of drug-likeness (QED) is 0.586. The van der Waals surface area contributed by atoms with E-state index in [9.17, 15) is 14.0 Å². The van der Waals surface area contributed by atoms with Crippen LogP contribution in [0.4, 0.5) is 14.9 Å². The molecule has 4 rings (SSSR count). The lowest BCUT2D eigenvalue weighted by Crippen LogP contribution is -2.54. The van der Waals surface area contributed by atoms with Gasteiger partial charge < -0.3 is 15.2 Å². The highest BCUT2D eigenvalue weighted by molar-refractivity contribution is 5.90. The molecular formula is C19H18FN6O4+. The van der Waals surface area contributed by atoms with Gasteiger partial charge in [-0.2, -0.15) is 10.2 Å². The van der Waals surface area contributed by atoms with Crippen LogP contribution in [-0.4, -0.2) is 57.8 Å². The molecule has 11 heteroatoms. The first-order valence-corrected chi connectivity index (χ1v) is 9.11. The fourth-order valence-electron chi connectivity index (χ4n) is 2.98. The second-order valence-electron chi connectivity index (χ2n) is 6.44. The minimum Gasteiger partial charge on any atom is -0.458 e. The fourth-order valence-corrected chi connectivity index (χ4v) is 2.98. The Morgan fingerprint density at radius 2 is 2.07 bits per heavy atom. The summed E-state index contributed by atoms with van der Waals surface area (Å²) in [7, 11) is 0. The lowest BCUT2D eigenvalue weighted by atomic mass is 10.1. The predicted molar refractivity (Wildman–Crippen MR) is 101 cm³/mol. The Bertz CT molecular complexity index is 1060. The SMILES string of the molecule is [NH3+]CC(=O)OC[C@H]1CN(c2ccc(-c3ccc(-n4nccn4)nc3)c(F)c2)C(=O)O1. The molecule has 1 aliphatic rings. The van der Waals surface area contributed by atoms with Crippen LogP contribution in [0.25, 0.3) is 16.9 Å². The zero-order chi connectivity index (χ0) is 21.1. The number of rotatable bonds is 6. The summed E-state index contributed by atoms with van der Waals surface area (Å²) in [6.45, 7) is 0.0702. The summed E-state index contributed by atoms with van der Waals surface area (Å²) < 4.78 is 24.9. The van der Waals surface area contributed by atoms with Crippen molar-refractivity contribution in [1.29, 1.82) is 0 Å². The number of hydrogen-bond donors (Lipinski definition) is 1. The van der Waals surface area contributed by atoms with E-state index in [-0.39, 0.29) is 19.7 Å². The first-order chi connectivity index (χ1) is 14.5. The molecule has 3 aromatic rings. The standard InChI is InChI=1S/C19H17FN6O4/c20-16-7-13(25-10-14(30-19(25)28)11-29-18(27)8-21)2-3-15(16)12-1-4-17(22-9-12)26-23-5-6-24-26/h1-7,9,14H,8,10-11,21H2/p+1/t14-/m1/s1. The molecule has 2 aromatic heterocycles. The highest BCUT2D eigenvalue weighted by atomic mass is 19.1. The molecule has 1 saturated heterocycles. The molecule has 0 radical (unpaired) electrons. The van der Waals surface area contributed by atoms with Gasteiger partial charge in [0.15, 0.2) is 18.5 Å². The van der Waals surface area contributed by atoms with Crippen LogP contribution in [0.15, 0.2) is 48.9 Å². The van der Waals surface area contributed by atoms with Crippen molar-refractivity contribution in [3.63, 3.8) is 0 Å². The van der Waals surface area contributed by atoms with Gasteiger partial charge in [0, 0.05) is 17.3 Å². The van der Waals surface area contributed by atoms with Crippen LogP contribution in [0.1, 0.15) is 0 Å². The Morgan fingerprint density at radius 3 is 2.73 bits per heavy atom. The smallest absolute Gasteiger partial charge is 0.414 e. The van der Waals surface area contributed by atoms with Crippen molar-refractivity contribution in [1.82, 2.24) is 20.0 Å². The van der Waals surface area contributed by atoms with Crippen LogP contribution in [0.2, 0.25) is 0 Å². The molecule has 1 amide bonds. The molecule has 0 unspecified atom stereocenters. The van der Waals surface area contributed by atoms with E-state index in [2.05, 4.69) is 20.9 Å². The number of cyclic esters (lactones) is 1. The lowest BCUT2D eigenvalue weighted by molar-refractivity contribution is -0.359. The Hall–Kier alpha value is -3.86. The summed E-state index contributed by atoms with van der Waals surface area (Å²) in [4.78, 5) is 30.2. The van der Waals surface area contributed by atoms with Gasteiger partial charge in [0.1, 0.15) is 12.4 Å². The second-order valence-corrected chi connectivity index (χ2v) is 6.44. The molecule has 1 atom stereocenters. The second kappa shape index (κ2) is 8.25. The van der Waals surface area contributed by atoms with E-state index in [4.69, 9.17) is 9.47 Å². The van der Waals surface area contributed by atoms with Gasteiger partial charge in [0.05, 0.1) is 24.6 Å². The number of pyridine rings is 1. The Balaban J connectivity index is 1.48. The van der Waals surface area contributed by atoms with Crippen LogP contribution in [0, 0.1) is 5.82 Å². The van der Waals surface area contributed by atoms with E-state index in [1.54, 1.807) is 24.3 Å². The molecule has 154 valence electrons. The molecule has 3 heterocycles. The molecular weight excluding hydrogens is 395 g/mol. The van der Waals surface area contributed by atoms with Gasteiger partial charge in [-0.3, -0.25) is 4.90 Å². The van der Waals surface area contributed by atoms with E-state index in [0.717, 1.165) is 0 Å². The zero-order valence-electron chi connectivity index (χ0n) is 15.8. The van der Waals surface area contributed by atoms with Crippen LogP contribution in [0.5, 0.6) is 0 Å². The molecule has 10 nitrogen and oxygen atoms in total. The number of amides is 1. The molecule has 3 N–H and O–H groups in total. The molecule has 0 spiro atoms. The predicted octanol–water partition coefficient (Wildman–Crippen LogP) is 0.579. The molecule has 1 aromatic carbocycles. The van der Waals surface area contributed by atoms with Gasteiger partial charge in [0.25, 0.3) is 0 Å². The fraction of sp³-hybridized carbons (Fsp3) is 0.211. The topological polar surface area (TPSA) is 127 Å². The number of hydrogen-bond acceptors (Lipinski definition) is 7. The van der Waals surface area contributed by atoms with Crippen molar-refractivity contribution in [3.8, 4) is 16.9 Å². The number of halogens is 1. The maximum Gasteiger partial charge on any atom is 0.414 e. The van der Waals surface area contributed by atoms with Crippen LogP contribution < -0.4 is 10.6 Å². The average molecular weight is 413 g/mol. The first kappa shape index (κ1) is 19.5. The Morgan fingerprint density at radius 1 is 1.27 bits per heavy atom. The highest BCUT2D eigenvalue weighted by Gasteiger charge is 2.33. The molecule has 30 heavy (non-hydrogen) atoms. The van der Waals surface area contributed by atoms with Crippen molar-refractivity contribution in [2.75, 3.05) is 24.6 Å². The van der Waals surface area contributed by atoms with E-state index >= 15 is 0 Å². The number of esters is 1. The molecule has 0 aliphatic carbocycles. The third kappa shape index (κ3) is 3.96. The molecule has 1 aliphatic heterocycles. The minimum atomic E-state index is -0.629. The molecule has 1 fully saturated rings. The number of aromatic nitrogens is 4. The summed E-state index contributed by atoms with van der Waals surface area (Å²) in [5.41, 5.74) is 4.67. The van der Waals surface area contributed by atoms with Crippen molar-refractivity contribution in [2.24, 2.45) is 0 Å². The summed E-state index contributed by atoms with van der Waals surface area (Å²) >= 11 is 0. The highest BCUT2D eigenvalue weighted by Crippen LogP contribution is 2.29. The molecule has 0 bridgehead atoms. The third-order valence-electron chi connectivity index (χ3n) is 4.46. The van der Waals surface area contributed by atoms with Crippen molar-refractivity contribution < 1.29 is 29.2 Å². The number of benzene rings is 1. The van der Waals surface area contributed by atoms with E-state index in [0.29, 0.717) is 22.6 Å². The number of nitrogens with zero attached hydrogens (tertiary/aromatic N) is 5. The van der Waals surface area contributed by atoms with E-state index in [1.165, 1.54) is 34.4 Å². The van der Waals surface area contributed by atoms with Gasteiger partial charge in [-0.15, -0.1) is 4.80 Å². The van der Waals surface area contributed by atoms with Gasteiger partial charge >= 0.3 is 12.1 Å². The number of carbonyl (C=O) groups is 2. The van der Waals surface area contributed by atoms with Crippen LogP contribution >= 0.6 is 0 Å². The number of quaternary nitrogens is 1. The van der Waals surface area contributed by atoms with Crippen LogP contribution in [-0.2, 0) is 14.3 Å². The van der Waals surface area contributed by atoms with Gasteiger partial charge in [0.2, 0.25) is 0 Å². The number of anilines is 1. The lowest BCUT2D eigenvalue weighted by Gasteiger charge is -2.14. The third-order valence-corrected chi connectivity index (χ3v) is 4.46. The summed E-state index contributed by atoms with van der Waals surface area (Å²) in [6.07, 6.45) is 3.34. The van der Waals surface area contributed by atoms with E-state index < -0.39 is 24.0 Å². The monoisotopic (exact) mass is 413 g/mol. The summed E-state index contributed by atoms with van der Waals surface area (Å²) in [5, 5.41) is 7.98. The Kier molecular flexibility index (Phi) is 5.35. The maximum absolute atomic E-state index is 14.8. The van der Waals surface area contributed by atoms with Gasteiger partial charge in [-0.25, -0.2) is 19.0 Å². The van der Waals surface area contributed by atoms with E-state index in [1.807, 2.05) is 0 Å². The zero-order valence-corrected chi connectivity index (χ0v) is 15.8. The average Bonchev–Trinajstić information content (AvgIpc) is 3.42. The summed E-state index contributed by atoms with van der Waals surface area (Å²) in [5.74, 6) is -0.493. The largest absolute Gasteiger partial charge is 0.458 e. The van der Waals surface area contributed by atoms with Crippen molar-refractivity contribution >= 4 is 17.7 Å². The van der Waals surface area contributed by atoms with Crippen molar-refractivity contribution in [2.45, 2.75) is 6.10 Å². The Labute approximate surface area is 170 Å².